The minimum atomic E-state index is 0.522. The van der Waals surface area contributed by atoms with Crippen LogP contribution < -0.4 is 15.5 Å². The van der Waals surface area contributed by atoms with Crippen molar-refractivity contribution in [1.82, 2.24) is 9.88 Å². The third-order valence-electron chi connectivity index (χ3n) is 4.47. The lowest BCUT2D eigenvalue weighted by Gasteiger charge is -2.19. The van der Waals surface area contributed by atoms with E-state index in [1.165, 1.54) is 5.56 Å². The van der Waals surface area contributed by atoms with E-state index in [1.807, 2.05) is 41.7 Å². The molecule has 3 aromatic rings. The van der Waals surface area contributed by atoms with Crippen LogP contribution in [0.5, 0.6) is 5.75 Å². The molecule has 2 heterocycles. The topological polar surface area (TPSA) is 67.0 Å². The molecule has 0 bridgehead atoms. The zero-order chi connectivity index (χ0) is 18.6. The van der Waals surface area contributed by atoms with Crippen LogP contribution >= 0.6 is 0 Å². The standard InChI is InChI=1S/C21H21N5O/c1-27-20-4-2-3-16(11-20)13-25-14-24-26(15-25)19-7-5-17(6-8-19)18-9-10-23-21(22)12-18/h2-12,14H,13,15H2,1H3,(H2,22,23). The third kappa shape index (κ3) is 3.84. The fourth-order valence-corrected chi connectivity index (χ4v) is 3.08. The lowest BCUT2D eigenvalue weighted by molar-refractivity contribution is 0.411. The Bertz CT molecular complexity index is 955. The van der Waals surface area contributed by atoms with Gasteiger partial charge in [-0.25, -0.2) is 9.99 Å². The summed E-state index contributed by atoms with van der Waals surface area (Å²) in [6.07, 6.45) is 3.59. The first-order valence-electron chi connectivity index (χ1n) is 8.72. The van der Waals surface area contributed by atoms with Gasteiger partial charge in [-0.15, -0.1) is 0 Å². The van der Waals surface area contributed by atoms with Gasteiger partial charge in [0.2, 0.25) is 0 Å². The highest BCUT2D eigenvalue weighted by Gasteiger charge is 2.16. The fourth-order valence-electron chi connectivity index (χ4n) is 3.08. The first kappa shape index (κ1) is 16.9. The predicted molar refractivity (Wildman–Crippen MR) is 108 cm³/mol. The van der Waals surface area contributed by atoms with Gasteiger partial charge in [-0.05, 0) is 53.1 Å². The molecular weight excluding hydrogens is 338 g/mol. The van der Waals surface area contributed by atoms with Gasteiger partial charge in [0.05, 0.1) is 12.8 Å². The Morgan fingerprint density at radius 3 is 2.67 bits per heavy atom. The van der Waals surface area contributed by atoms with E-state index in [0.29, 0.717) is 12.5 Å². The summed E-state index contributed by atoms with van der Waals surface area (Å²) in [5.41, 5.74) is 10.2. The Kier molecular flexibility index (Phi) is 4.61. The predicted octanol–water partition coefficient (Wildman–Crippen LogP) is 3.56. The second-order valence-corrected chi connectivity index (χ2v) is 6.39. The SMILES string of the molecule is COc1cccc(CN2C=NN(c3ccc(-c4ccnc(N)c4)cc3)C2)c1. The molecule has 136 valence electrons. The molecule has 0 amide bonds. The number of nitrogen functional groups attached to an aromatic ring is 1. The largest absolute Gasteiger partial charge is 0.497 e. The monoisotopic (exact) mass is 359 g/mol. The van der Waals surface area contributed by atoms with Gasteiger partial charge >= 0.3 is 0 Å². The van der Waals surface area contributed by atoms with Gasteiger partial charge < -0.3 is 15.4 Å². The molecule has 2 N–H and O–H groups in total. The maximum Gasteiger partial charge on any atom is 0.123 e. The van der Waals surface area contributed by atoms with Crippen molar-refractivity contribution < 1.29 is 4.74 Å². The zero-order valence-electron chi connectivity index (χ0n) is 15.1. The number of ether oxygens (including phenoxy) is 1. The average Bonchev–Trinajstić information content (AvgIpc) is 3.17. The summed E-state index contributed by atoms with van der Waals surface area (Å²) in [4.78, 5) is 6.20. The van der Waals surface area contributed by atoms with Gasteiger partial charge in [-0.3, -0.25) is 0 Å². The summed E-state index contributed by atoms with van der Waals surface area (Å²) in [5, 5.41) is 6.49. The summed E-state index contributed by atoms with van der Waals surface area (Å²) in [5.74, 6) is 1.39. The van der Waals surface area contributed by atoms with Crippen LogP contribution in [0.15, 0.2) is 72.0 Å². The first-order chi connectivity index (χ1) is 13.2. The minimum absolute atomic E-state index is 0.522. The number of anilines is 2. The summed E-state index contributed by atoms with van der Waals surface area (Å²) in [7, 11) is 1.68. The molecule has 0 aliphatic carbocycles. The number of methoxy groups -OCH3 is 1. The molecule has 1 aliphatic rings. The molecule has 0 fully saturated rings. The Morgan fingerprint density at radius 2 is 1.89 bits per heavy atom. The van der Waals surface area contributed by atoms with Crippen molar-refractivity contribution in [3.05, 3.63) is 72.4 Å². The average molecular weight is 359 g/mol. The van der Waals surface area contributed by atoms with Gasteiger partial charge in [-0.1, -0.05) is 24.3 Å². The summed E-state index contributed by atoms with van der Waals surface area (Å²) >= 11 is 0. The normalized spacial score (nSPS) is 13.2. The molecule has 6 heteroatoms. The molecule has 2 aromatic carbocycles. The second-order valence-electron chi connectivity index (χ2n) is 6.39. The molecule has 0 radical (unpaired) electrons. The molecule has 6 nitrogen and oxygen atoms in total. The van der Waals surface area contributed by atoms with E-state index in [2.05, 4.69) is 45.3 Å². The number of hydrogen-bond acceptors (Lipinski definition) is 6. The Morgan fingerprint density at radius 1 is 1.04 bits per heavy atom. The van der Waals surface area contributed by atoms with Crippen LogP contribution in [0, 0.1) is 0 Å². The maximum absolute atomic E-state index is 5.77. The van der Waals surface area contributed by atoms with E-state index in [0.717, 1.165) is 29.1 Å². The summed E-state index contributed by atoms with van der Waals surface area (Å²) in [6.45, 7) is 1.49. The van der Waals surface area contributed by atoms with Gasteiger partial charge in [0.1, 0.15) is 24.6 Å². The van der Waals surface area contributed by atoms with E-state index in [-0.39, 0.29) is 0 Å². The highest BCUT2D eigenvalue weighted by Crippen LogP contribution is 2.25. The number of nitrogens with two attached hydrogens (primary N) is 1. The lowest BCUT2D eigenvalue weighted by Crippen LogP contribution is -2.26. The van der Waals surface area contributed by atoms with Crippen molar-refractivity contribution >= 4 is 17.8 Å². The molecule has 0 spiro atoms. The van der Waals surface area contributed by atoms with E-state index >= 15 is 0 Å². The zero-order valence-corrected chi connectivity index (χ0v) is 15.1. The number of pyridine rings is 1. The molecule has 0 unspecified atom stereocenters. The number of hydrogen-bond donors (Lipinski definition) is 1. The molecule has 27 heavy (non-hydrogen) atoms. The Balaban J connectivity index is 1.42. The number of aromatic nitrogens is 1. The molecular formula is C21H21N5O. The smallest absolute Gasteiger partial charge is 0.123 e. The first-order valence-corrected chi connectivity index (χ1v) is 8.72. The molecule has 4 rings (SSSR count). The number of rotatable bonds is 5. The fraction of sp³-hybridized carbons (Fsp3) is 0.143. The molecule has 0 saturated carbocycles. The van der Waals surface area contributed by atoms with Crippen LogP contribution in [0.25, 0.3) is 11.1 Å². The van der Waals surface area contributed by atoms with Crippen molar-refractivity contribution in [2.45, 2.75) is 6.54 Å². The third-order valence-corrected chi connectivity index (χ3v) is 4.47. The highest BCUT2D eigenvalue weighted by molar-refractivity contribution is 5.69. The van der Waals surface area contributed by atoms with E-state index in [4.69, 9.17) is 10.5 Å². The van der Waals surface area contributed by atoms with Crippen molar-refractivity contribution in [3.8, 4) is 16.9 Å². The van der Waals surface area contributed by atoms with Crippen LogP contribution in [0.1, 0.15) is 5.56 Å². The Hall–Kier alpha value is -3.54. The van der Waals surface area contributed by atoms with Crippen molar-refractivity contribution in [1.29, 1.82) is 0 Å². The Labute approximate surface area is 158 Å². The van der Waals surface area contributed by atoms with Crippen molar-refractivity contribution in [2.75, 3.05) is 24.5 Å². The van der Waals surface area contributed by atoms with E-state index in [1.54, 1.807) is 13.3 Å². The van der Waals surface area contributed by atoms with Crippen molar-refractivity contribution in [3.63, 3.8) is 0 Å². The molecule has 1 aromatic heterocycles. The quantitative estimate of drug-likeness (QED) is 0.754. The van der Waals surface area contributed by atoms with Crippen LogP contribution in [-0.2, 0) is 6.54 Å². The van der Waals surface area contributed by atoms with Crippen LogP contribution in [0.2, 0.25) is 0 Å². The number of benzene rings is 2. The van der Waals surface area contributed by atoms with Crippen LogP contribution in [-0.4, -0.2) is 30.0 Å². The molecule has 0 atom stereocenters. The van der Waals surface area contributed by atoms with Crippen LogP contribution in [0.3, 0.4) is 0 Å². The van der Waals surface area contributed by atoms with Gasteiger partial charge in [0, 0.05) is 12.7 Å². The van der Waals surface area contributed by atoms with Crippen LogP contribution in [0.4, 0.5) is 11.5 Å². The summed E-state index contributed by atoms with van der Waals surface area (Å²) < 4.78 is 5.29. The summed E-state index contributed by atoms with van der Waals surface area (Å²) in [6, 6.07) is 20.2. The van der Waals surface area contributed by atoms with Gasteiger partial charge in [0.25, 0.3) is 0 Å². The van der Waals surface area contributed by atoms with E-state index in [9.17, 15) is 0 Å². The van der Waals surface area contributed by atoms with Gasteiger partial charge in [0.15, 0.2) is 0 Å². The molecule has 1 aliphatic heterocycles. The maximum atomic E-state index is 5.77. The lowest BCUT2D eigenvalue weighted by atomic mass is 10.1. The number of nitrogens with zero attached hydrogens (tertiary/aromatic N) is 4. The molecule has 0 saturated heterocycles. The number of hydrazone groups is 1. The second kappa shape index (κ2) is 7.37. The van der Waals surface area contributed by atoms with Crippen molar-refractivity contribution in [2.24, 2.45) is 5.10 Å². The van der Waals surface area contributed by atoms with Gasteiger partial charge in [-0.2, -0.15) is 5.10 Å². The highest BCUT2D eigenvalue weighted by atomic mass is 16.5. The minimum Gasteiger partial charge on any atom is -0.497 e. The van der Waals surface area contributed by atoms with E-state index < -0.39 is 0 Å².